The zero-order valence-electron chi connectivity index (χ0n) is 17.6. The molecule has 1 aromatic heterocycles. The summed E-state index contributed by atoms with van der Waals surface area (Å²) < 4.78 is 10.5. The lowest BCUT2D eigenvalue weighted by Gasteiger charge is -2.24. The molecule has 0 aliphatic carbocycles. The summed E-state index contributed by atoms with van der Waals surface area (Å²) in [5.74, 6) is 1.65. The van der Waals surface area contributed by atoms with Gasteiger partial charge >= 0.3 is 0 Å². The van der Waals surface area contributed by atoms with E-state index in [1.165, 1.54) is 12.1 Å². The maximum atomic E-state index is 13.0. The van der Waals surface area contributed by atoms with Gasteiger partial charge < -0.3 is 14.2 Å². The number of aromatic nitrogens is 2. The summed E-state index contributed by atoms with van der Waals surface area (Å²) >= 11 is 0. The summed E-state index contributed by atoms with van der Waals surface area (Å²) in [6, 6.07) is 12.9. The second-order valence-corrected chi connectivity index (χ2v) is 7.44. The average molecular weight is 424 g/mol. The van der Waals surface area contributed by atoms with Crippen molar-refractivity contribution in [2.45, 2.75) is 20.3 Å². The van der Waals surface area contributed by atoms with Gasteiger partial charge in [0.1, 0.15) is 5.75 Å². The number of benzene rings is 2. The van der Waals surface area contributed by atoms with Crippen LogP contribution in [0.1, 0.15) is 30.1 Å². The minimum atomic E-state index is -0.464. The van der Waals surface area contributed by atoms with Gasteiger partial charge in [-0.1, -0.05) is 19.0 Å². The van der Waals surface area contributed by atoms with Crippen molar-refractivity contribution < 1.29 is 19.0 Å². The molecule has 0 unspecified atom stereocenters. The quantitative estimate of drug-likeness (QED) is 0.377. The Hall–Kier alpha value is -3.75. The first-order valence-electron chi connectivity index (χ1n) is 9.88. The number of hydrogen-bond acceptors (Lipinski definition) is 7. The van der Waals surface area contributed by atoms with Crippen LogP contribution in [0.4, 0.5) is 5.69 Å². The van der Waals surface area contributed by atoms with Crippen molar-refractivity contribution in [1.29, 1.82) is 0 Å². The summed E-state index contributed by atoms with van der Waals surface area (Å²) in [5.41, 5.74) is 1.20. The van der Waals surface area contributed by atoms with E-state index >= 15 is 0 Å². The standard InChI is InChI=1S/C22H24N4O5/c1-15(2)14-25(22(27)17-6-10-19(30-3)11-7-17)13-12-20-23-21(24-31-20)16-4-8-18(9-5-16)26(28)29/h4-11,15H,12-14H2,1-3H3. The van der Waals surface area contributed by atoms with Gasteiger partial charge in [-0.2, -0.15) is 4.98 Å². The van der Waals surface area contributed by atoms with Crippen LogP contribution in [0.2, 0.25) is 0 Å². The Morgan fingerprint density at radius 3 is 2.42 bits per heavy atom. The number of nitro benzene ring substituents is 1. The number of nitro groups is 1. The van der Waals surface area contributed by atoms with E-state index in [9.17, 15) is 14.9 Å². The van der Waals surface area contributed by atoms with E-state index in [1.807, 2.05) is 13.8 Å². The molecule has 1 heterocycles. The smallest absolute Gasteiger partial charge is 0.269 e. The number of amides is 1. The van der Waals surface area contributed by atoms with Gasteiger partial charge in [0.05, 0.1) is 12.0 Å². The van der Waals surface area contributed by atoms with Crippen LogP contribution in [0.15, 0.2) is 53.1 Å². The van der Waals surface area contributed by atoms with Crippen LogP contribution < -0.4 is 4.74 Å². The van der Waals surface area contributed by atoms with Crippen molar-refractivity contribution in [3.8, 4) is 17.1 Å². The molecule has 0 N–H and O–H groups in total. The number of nitrogens with zero attached hydrogens (tertiary/aromatic N) is 4. The van der Waals surface area contributed by atoms with E-state index in [1.54, 1.807) is 48.4 Å². The third kappa shape index (κ3) is 5.65. The van der Waals surface area contributed by atoms with E-state index in [-0.39, 0.29) is 11.6 Å². The zero-order valence-corrected chi connectivity index (χ0v) is 17.6. The molecule has 9 nitrogen and oxygen atoms in total. The fourth-order valence-electron chi connectivity index (χ4n) is 3.07. The number of hydrogen-bond donors (Lipinski definition) is 0. The molecule has 1 amide bonds. The normalized spacial score (nSPS) is 10.8. The lowest BCUT2D eigenvalue weighted by molar-refractivity contribution is -0.384. The average Bonchev–Trinajstić information content (AvgIpc) is 3.25. The van der Waals surface area contributed by atoms with Gasteiger partial charge in [0.15, 0.2) is 0 Å². The number of rotatable bonds is 9. The van der Waals surface area contributed by atoms with Crippen molar-refractivity contribution in [1.82, 2.24) is 15.0 Å². The van der Waals surface area contributed by atoms with E-state index in [0.29, 0.717) is 54.0 Å². The largest absolute Gasteiger partial charge is 0.497 e. The molecule has 0 spiro atoms. The van der Waals surface area contributed by atoms with E-state index in [0.717, 1.165) is 0 Å². The van der Waals surface area contributed by atoms with Gasteiger partial charge in [0, 0.05) is 42.8 Å². The van der Waals surface area contributed by atoms with Crippen molar-refractivity contribution in [3.63, 3.8) is 0 Å². The molecule has 31 heavy (non-hydrogen) atoms. The summed E-state index contributed by atoms with van der Waals surface area (Å²) in [6.07, 6.45) is 0.397. The predicted molar refractivity (Wildman–Crippen MR) is 114 cm³/mol. The predicted octanol–water partition coefficient (Wildman–Crippen LogP) is 3.99. The van der Waals surface area contributed by atoms with Crippen LogP contribution in [0, 0.1) is 16.0 Å². The van der Waals surface area contributed by atoms with Gasteiger partial charge in [-0.15, -0.1) is 0 Å². The fourth-order valence-corrected chi connectivity index (χ4v) is 3.07. The molecule has 0 bridgehead atoms. The molecule has 0 saturated heterocycles. The van der Waals surface area contributed by atoms with Gasteiger partial charge in [-0.3, -0.25) is 14.9 Å². The van der Waals surface area contributed by atoms with E-state index in [4.69, 9.17) is 9.26 Å². The Bertz CT molecular complexity index is 1030. The van der Waals surface area contributed by atoms with E-state index < -0.39 is 4.92 Å². The molecular formula is C22H24N4O5. The summed E-state index contributed by atoms with van der Waals surface area (Å²) in [6.45, 7) is 5.11. The highest BCUT2D eigenvalue weighted by Gasteiger charge is 2.19. The number of ether oxygens (including phenoxy) is 1. The molecule has 3 rings (SSSR count). The second-order valence-electron chi connectivity index (χ2n) is 7.44. The number of carbonyl (C=O) groups is 1. The zero-order chi connectivity index (χ0) is 22.4. The number of carbonyl (C=O) groups excluding carboxylic acids is 1. The van der Waals surface area contributed by atoms with Crippen LogP contribution in [-0.2, 0) is 6.42 Å². The number of non-ortho nitro benzene ring substituents is 1. The van der Waals surface area contributed by atoms with Crippen LogP contribution >= 0.6 is 0 Å². The second kappa shape index (κ2) is 9.84. The highest BCUT2D eigenvalue weighted by molar-refractivity contribution is 5.94. The Kier molecular flexibility index (Phi) is 6.96. The maximum Gasteiger partial charge on any atom is 0.269 e. The topological polar surface area (TPSA) is 112 Å². The van der Waals surface area contributed by atoms with Crippen LogP contribution in [0.3, 0.4) is 0 Å². The molecular weight excluding hydrogens is 400 g/mol. The molecule has 0 aliphatic heterocycles. The molecule has 0 radical (unpaired) electrons. The molecule has 0 atom stereocenters. The molecule has 162 valence electrons. The molecule has 9 heteroatoms. The first-order valence-corrected chi connectivity index (χ1v) is 9.88. The highest BCUT2D eigenvalue weighted by atomic mass is 16.6. The van der Waals surface area contributed by atoms with Gasteiger partial charge in [0.25, 0.3) is 11.6 Å². The lowest BCUT2D eigenvalue weighted by Crippen LogP contribution is -2.36. The fraction of sp³-hybridized carbons (Fsp3) is 0.318. The van der Waals surface area contributed by atoms with Crippen molar-refractivity contribution in [2.24, 2.45) is 5.92 Å². The van der Waals surface area contributed by atoms with Crippen LogP contribution in [0.25, 0.3) is 11.4 Å². The molecule has 0 fully saturated rings. The lowest BCUT2D eigenvalue weighted by atomic mass is 10.1. The van der Waals surface area contributed by atoms with Crippen molar-refractivity contribution in [2.75, 3.05) is 20.2 Å². The monoisotopic (exact) mass is 424 g/mol. The van der Waals surface area contributed by atoms with Crippen LogP contribution in [-0.4, -0.2) is 46.1 Å². The summed E-state index contributed by atoms with van der Waals surface area (Å²) in [7, 11) is 1.58. The minimum Gasteiger partial charge on any atom is -0.497 e. The third-order valence-electron chi connectivity index (χ3n) is 4.61. The van der Waals surface area contributed by atoms with Gasteiger partial charge in [-0.05, 0) is 42.3 Å². The molecule has 2 aromatic carbocycles. The Morgan fingerprint density at radius 2 is 1.84 bits per heavy atom. The minimum absolute atomic E-state index is 0.00570. The first-order chi connectivity index (χ1) is 14.9. The molecule has 3 aromatic rings. The number of methoxy groups -OCH3 is 1. The van der Waals surface area contributed by atoms with Crippen molar-refractivity contribution >= 4 is 11.6 Å². The van der Waals surface area contributed by atoms with Crippen molar-refractivity contribution in [3.05, 3.63) is 70.1 Å². The first kappa shape index (κ1) is 21.9. The molecule has 0 aliphatic rings. The Labute approximate surface area is 179 Å². The van der Waals surface area contributed by atoms with Gasteiger partial charge in [-0.25, -0.2) is 0 Å². The summed E-state index contributed by atoms with van der Waals surface area (Å²) in [4.78, 5) is 29.4. The summed E-state index contributed by atoms with van der Waals surface area (Å²) in [5, 5.41) is 14.7. The Morgan fingerprint density at radius 1 is 1.16 bits per heavy atom. The Balaban J connectivity index is 1.68. The van der Waals surface area contributed by atoms with Crippen LogP contribution in [0.5, 0.6) is 5.75 Å². The molecule has 0 saturated carbocycles. The highest BCUT2D eigenvalue weighted by Crippen LogP contribution is 2.20. The maximum absolute atomic E-state index is 13.0. The van der Waals surface area contributed by atoms with E-state index in [2.05, 4.69) is 10.1 Å². The SMILES string of the molecule is COc1ccc(C(=O)N(CCc2nc(-c3ccc([N+](=O)[O-])cc3)no2)CC(C)C)cc1. The third-order valence-corrected chi connectivity index (χ3v) is 4.61. The van der Waals surface area contributed by atoms with Gasteiger partial charge in [0.2, 0.25) is 11.7 Å².